The van der Waals surface area contributed by atoms with Gasteiger partial charge in [-0.2, -0.15) is 0 Å². The highest BCUT2D eigenvalue weighted by molar-refractivity contribution is 7.23. The van der Waals surface area contributed by atoms with Crippen LogP contribution in [0.25, 0.3) is 26.4 Å². The number of halogens is 1. The van der Waals surface area contributed by atoms with E-state index in [0.29, 0.717) is 0 Å². The first-order valence-electron chi connectivity index (χ1n) is 7.86. The van der Waals surface area contributed by atoms with Crippen LogP contribution in [0.1, 0.15) is 20.8 Å². The molecule has 0 amide bonds. The van der Waals surface area contributed by atoms with Crippen LogP contribution in [0, 0.1) is 5.82 Å². The molecule has 0 unspecified atom stereocenters. The first-order valence-corrected chi connectivity index (χ1v) is 8.68. The maximum atomic E-state index is 13.3. The highest BCUT2D eigenvalue weighted by atomic mass is 32.1. The van der Waals surface area contributed by atoms with E-state index < -0.39 is 0 Å². The van der Waals surface area contributed by atoms with Gasteiger partial charge in [-0.25, -0.2) is 9.37 Å². The summed E-state index contributed by atoms with van der Waals surface area (Å²) in [7, 11) is 0. The molecule has 0 atom stereocenters. The number of rotatable bonds is 2. The highest BCUT2D eigenvalue weighted by Crippen LogP contribution is 2.37. The van der Waals surface area contributed by atoms with Gasteiger partial charge in [-0.3, -0.25) is 4.40 Å². The Labute approximate surface area is 143 Å². The molecule has 0 radical (unpaired) electrons. The maximum Gasteiger partial charge on any atom is 0.197 e. The Hall–Kier alpha value is -2.40. The quantitative estimate of drug-likeness (QED) is 0.517. The lowest BCUT2D eigenvalue weighted by molar-refractivity contribution is 0.627. The second-order valence-corrected chi connectivity index (χ2v) is 7.89. The molecule has 5 heteroatoms. The molecule has 0 spiro atoms. The average Bonchev–Trinajstić information content (AvgIpc) is 3.04. The molecule has 2 aromatic carbocycles. The molecule has 0 saturated heterocycles. The number of imidazole rings is 1. The zero-order chi connectivity index (χ0) is 16.9. The van der Waals surface area contributed by atoms with Crippen LogP contribution in [0.3, 0.4) is 0 Å². The standard InChI is InChI=1S/C19H18FN3S/c1-19(2,3)22-17-16(12-8-10-13(20)11-9-12)21-18-23(17)14-6-4-5-7-15(14)24-18/h4-11,22H,1-3H3. The van der Waals surface area contributed by atoms with Gasteiger partial charge >= 0.3 is 0 Å². The van der Waals surface area contributed by atoms with Crippen LogP contribution in [0.4, 0.5) is 10.2 Å². The molecular formula is C19H18FN3S. The summed E-state index contributed by atoms with van der Waals surface area (Å²) in [5.74, 6) is 0.706. The van der Waals surface area contributed by atoms with Crippen LogP contribution in [0.5, 0.6) is 0 Å². The van der Waals surface area contributed by atoms with Crippen molar-refractivity contribution >= 4 is 32.3 Å². The van der Waals surface area contributed by atoms with Crippen molar-refractivity contribution in [3.05, 3.63) is 54.3 Å². The molecular weight excluding hydrogens is 321 g/mol. The molecule has 3 nitrogen and oxygen atoms in total. The Kier molecular flexibility index (Phi) is 3.35. The van der Waals surface area contributed by atoms with Gasteiger partial charge in [-0.05, 0) is 57.2 Å². The Morgan fingerprint density at radius 1 is 1.04 bits per heavy atom. The molecule has 0 aliphatic heterocycles. The minimum Gasteiger partial charge on any atom is -0.365 e. The molecule has 122 valence electrons. The second kappa shape index (κ2) is 5.31. The minimum absolute atomic E-state index is 0.117. The molecule has 24 heavy (non-hydrogen) atoms. The largest absolute Gasteiger partial charge is 0.365 e. The number of nitrogens with zero attached hydrogens (tertiary/aromatic N) is 2. The third kappa shape index (κ3) is 2.55. The van der Waals surface area contributed by atoms with E-state index in [2.05, 4.69) is 42.6 Å². The zero-order valence-corrected chi connectivity index (χ0v) is 14.6. The molecule has 0 saturated carbocycles. The van der Waals surface area contributed by atoms with E-state index in [0.717, 1.165) is 27.6 Å². The van der Waals surface area contributed by atoms with Gasteiger partial charge in [0, 0.05) is 11.1 Å². The predicted molar refractivity (Wildman–Crippen MR) is 99.3 cm³/mol. The van der Waals surface area contributed by atoms with Gasteiger partial charge in [0.25, 0.3) is 0 Å². The van der Waals surface area contributed by atoms with E-state index in [4.69, 9.17) is 4.98 Å². The number of aromatic nitrogens is 2. The summed E-state index contributed by atoms with van der Waals surface area (Å²) in [6.45, 7) is 6.36. The number of thiazole rings is 1. The SMILES string of the molecule is CC(C)(C)Nc1c(-c2ccc(F)cc2)nc2sc3ccccc3n12. The summed E-state index contributed by atoms with van der Waals surface area (Å²) in [5, 5.41) is 3.58. The van der Waals surface area contributed by atoms with E-state index in [1.165, 1.54) is 16.8 Å². The van der Waals surface area contributed by atoms with E-state index in [-0.39, 0.29) is 11.4 Å². The number of nitrogens with one attached hydrogen (secondary N) is 1. The van der Waals surface area contributed by atoms with Crippen LogP contribution in [0.15, 0.2) is 48.5 Å². The summed E-state index contributed by atoms with van der Waals surface area (Å²) in [6, 6.07) is 14.8. The number of anilines is 1. The third-order valence-electron chi connectivity index (χ3n) is 3.77. The van der Waals surface area contributed by atoms with Crippen LogP contribution in [-0.2, 0) is 0 Å². The van der Waals surface area contributed by atoms with Gasteiger partial charge in [0.15, 0.2) is 4.96 Å². The number of hydrogen-bond donors (Lipinski definition) is 1. The van der Waals surface area contributed by atoms with Gasteiger partial charge in [0.2, 0.25) is 0 Å². The fourth-order valence-corrected chi connectivity index (χ4v) is 3.82. The predicted octanol–water partition coefficient (Wildman–Crippen LogP) is 5.57. The van der Waals surface area contributed by atoms with Gasteiger partial charge in [-0.1, -0.05) is 23.5 Å². The highest BCUT2D eigenvalue weighted by Gasteiger charge is 2.21. The van der Waals surface area contributed by atoms with Gasteiger partial charge in [0.05, 0.1) is 10.2 Å². The maximum absolute atomic E-state index is 13.3. The fourth-order valence-electron chi connectivity index (χ4n) is 2.80. The van der Waals surface area contributed by atoms with Crippen molar-refractivity contribution in [2.75, 3.05) is 5.32 Å². The summed E-state index contributed by atoms with van der Waals surface area (Å²) >= 11 is 1.66. The number of para-hydroxylation sites is 1. The smallest absolute Gasteiger partial charge is 0.197 e. The Morgan fingerprint density at radius 2 is 1.75 bits per heavy atom. The van der Waals surface area contributed by atoms with Crippen molar-refractivity contribution in [2.24, 2.45) is 0 Å². The first kappa shape index (κ1) is 15.1. The lowest BCUT2D eigenvalue weighted by atomic mass is 10.1. The Bertz CT molecular complexity index is 1020. The molecule has 4 aromatic rings. The van der Waals surface area contributed by atoms with Crippen LogP contribution >= 0.6 is 11.3 Å². The van der Waals surface area contributed by atoms with Crippen molar-refractivity contribution in [1.29, 1.82) is 0 Å². The third-order valence-corrected chi connectivity index (χ3v) is 4.79. The van der Waals surface area contributed by atoms with Gasteiger partial charge in [0.1, 0.15) is 17.3 Å². The van der Waals surface area contributed by atoms with Crippen molar-refractivity contribution < 1.29 is 4.39 Å². The molecule has 1 N–H and O–H groups in total. The molecule has 0 aliphatic carbocycles. The zero-order valence-electron chi connectivity index (χ0n) is 13.8. The van der Waals surface area contributed by atoms with Crippen LogP contribution < -0.4 is 5.32 Å². The van der Waals surface area contributed by atoms with E-state index >= 15 is 0 Å². The molecule has 2 aromatic heterocycles. The normalized spacial score (nSPS) is 12.2. The summed E-state index contributed by atoms with van der Waals surface area (Å²) in [5.41, 5.74) is 2.77. The van der Waals surface area contributed by atoms with E-state index in [9.17, 15) is 4.39 Å². The topological polar surface area (TPSA) is 29.3 Å². The number of fused-ring (bicyclic) bond motifs is 3. The molecule has 4 rings (SSSR count). The monoisotopic (exact) mass is 339 g/mol. The molecule has 2 heterocycles. The van der Waals surface area contributed by atoms with E-state index in [1.807, 2.05) is 12.1 Å². The van der Waals surface area contributed by atoms with Crippen molar-refractivity contribution in [1.82, 2.24) is 9.38 Å². The average molecular weight is 339 g/mol. The van der Waals surface area contributed by atoms with Gasteiger partial charge < -0.3 is 5.32 Å². The molecule has 0 aliphatic rings. The first-order chi connectivity index (χ1) is 11.4. The minimum atomic E-state index is -0.240. The van der Waals surface area contributed by atoms with Crippen molar-refractivity contribution in [3.8, 4) is 11.3 Å². The summed E-state index contributed by atoms with van der Waals surface area (Å²) in [4.78, 5) is 5.76. The van der Waals surface area contributed by atoms with E-state index in [1.54, 1.807) is 23.5 Å². The van der Waals surface area contributed by atoms with Crippen LogP contribution in [0.2, 0.25) is 0 Å². The fraction of sp³-hybridized carbons (Fsp3) is 0.211. The Morgan fingerprint density at radius 3 is 2.46 bits per heavy atom. The molecule has 0 bridgehead atoms. The lowest BCUT2D eigenvalue weighted by Crippen LogP contribution is -2.27. The summed E-state index contributed by atoms with van der Waals surface area (Å²) in [6.07, 6.45) is 0. The second-order valence-electron chi connectivity index (χ2n) is 6.88. The van der Waals surface area contributed by atoms with Crippen LogP contribution in [-0.4, -0.2) is 14.9 Å². The molecule has 0 fully saturated rings. The number of hydrogen-bond acceptors (Lipinski definition) is 3. The lowest BCUT2D eigenvalue weighted by Gasteiger charge is -2.22. The Balaban J connectivity index is 2.02. The van der Waals surface area contributed by atoms with Crippen molar-refractivity contribution in [2.45, 2.75) is 26.3 Å². The summed E-state index contributed by atoms with van der Waals surface area (Å²) < 4.78 is 16.6. The van der Waals surface area contributed by atoms with Crippen molar-refractivity contribution in [3.63, 3.8) is 0 Å². The van der Waals surface area contributed by atoms with Gasteiger partial charge in [-0.15, -0.1) is 0 Å². The number of benzene rings is 2.